The molecule has 1 aromatic rings. The molecule has 0 saturated heterocycles. The highest BCUT2D eigenvalue weighted by atomic mass is 16.3. The van der Waals surface area contributed by atoms with Gasteiger partial charge in [-0.25, -0.2) is 0 Å². The molecule has 200 valence electrons. The van der Waals surface area contributed by atoms with Gasteiger partial charge < -0.3 is 10.0 Å². The zero-order valence-electron chi connectivity index (χ0n) is 23.8. The average molecular weight is 502 g/mol. The topological polar surface area (TPSA) is 40.5 Å². The lowest BCUT2D eigenvalue weighted by molar-refractivity contribution is -0.116. The van der Waals surface area contributed by atoms with Crippen LogP contribution < -0.4 is 0 Å². The number of nitrogens with zero attached hydrogens (tertiary/aromatic N) is 1. The maximum absolute atomic E-state index is 12.3. The van der Waals surface area contributed by atoms with Gasteiger partial charge in [0.15, 0.2) is 5.78 Å². The molecule has 0 unspecified atom stereocenters. The molecule has 0 amide bonds. The normalized spacial score (nSPS) is 14.9. The van der Waals surface area contributed by atoms with Crippen molar-refractivity contribution in [3.05, 3.63) is 102 Å². The van der Waals surface area contributed by atoms with Gasteiger partial charge >= 0.3 is 0 Å². The number of hydrogen-bond donors (Lipinski definition) is 1. The van der Waals surface area contributed by atoms with E-state index in [-0.39, 0.29) is 23.7 Å². The highest BCUT2D eigenvalue weighted by Crippen LogP contribution is 2.33. The first kappa shape index (κ1) is 30.3. The second kappa shape index (κ2) is 14.1. The Morgan fingerprint density at radius 2 is 1.81 bits per heavy atom. The van der Waals surface area contributed by atoms with Crippen molar-refractivity contribution in [2.24, 2.45) is 5.92 Å². The van der Waals surface area contributed by atoms with Crippen LogP contribution in [0.1, 0.15) is 77.8 Å². The summed E-state index contributed by atoms with van der Waals surface area (Å²) in [6.07, 6.45) is 12.9. The van der Waals surface area contributed by atoms with Crippen molar-refractivity contribution in [3.8, 4) is 0 Å². The molecule has 0 aromatic heterocycles. The van der Waals surface area contributed by atoms with Crippen LogP contribution in [0.4, 0.5) is 0 Å². The summed E-state index contributed by atoms with van der Waals surface area (Å²) in [6.45, 7) is 24.6. The van der Waals surface area contributed by atoms with Gasteiger partial charge in [0.25, 0.3) is 0 Å². The lowest BCUT2D eigenvalue weighted by Crippen LogP contribution is -2.27. The van der Waals surface area contributed by atoms with Crippen molar-refractivity contribution >= 4 is 11.4 Å². The Morgan fingerprint density at radius 3 is 2.30 bits per heavy atom. The first-order valence-electron chi connectivity index (χ1n) is 13.6. The summed E-state index contributed by atoms with van der Waals surface area (Å²) < 4.78 is 0. The average Bonchev–Trinajstić information content (AvgIpc) is 3.73. The molecule has 3 nitrogen and oxygen atoms in total. The lowest BCUT2D eigenvalue weighted by atomic mass is 9.84. The number of carbonyl (C=O) groups excluding carboxylic acids is 1. The zero-order chi connectivity index (χ0) is 27.6. The minimum absolute atomic E-state index is 0.105. The summed E-state index contributed by atoms with van der Waals surface area (Å²) in [5.41, 5.74) is 7.00. The predicted molar refractivity (Wildman–Crippen MR) is 159 cm³/mol. The molecule has 0 radical (unpaired) electrons. The quantitative estimate of drug-likeness (QED) is 0.184. The van der Waals surface area contributed by atoms with Crippen LogP contribution in [0.5, 0.6) is 0 Å². The van der Waals surface area contributed by atoms with Crippen LogP contribution in [0.25, 0.3) is 5.57 Å². The minimum atomic E-state index is -0.275. The van der Waals surface area contributed by atoms with E-state index in [4.69, 9.17) is 0 Å². The number of aliphatic hydroxyl groups excluding tert-OH is 1. The molecule has 2 rings (SSSR count). The standard InChI is InChI=1S/C34H47NO2/c1-9-13-32(35(21-10-2)22-12-14-26(6)33(37)29-15-16-29)31(25(4)5)23-27(11-3)28-17-19-30(20-18-28)34(7,8)24-36/h9,11,13,17-20,23,29,36H,1,4,6,10,12,14-16,21-22,24H2,2-3,5,7-8H3/b27-11+,31-23+,32-13+. The molecule has 0 atom stereocenters. The third-order valence-corrected chi connectivity index (χ3v) is 7.05. The summed E-state index contributed by atoms with van der Waals surface area (Å²) in [7, 11) is 0. The Balaban J connectivity index is 2.32. The lowest BCUT2D eigenvalue weighted by Gasteiger charge is -2.29. The highest BCUT2D eigenvalue weighted by Gasteiger charge is 2.30. The molecule has 3 heteroatoms. The third-order valence-electron chi connectivity index (χ3n) is 7.05. The van der Waals surface area contributed by atoms with Crippen LogP contribution in [-0.2, 0) is 10.2 Å². The number of aliphatic hydroxyl groups is 1. The van der Waals surface area contributed by atoms with Gasteiger partial charge in [-0.2, -0.15) is 0 Å². The highest BCUT2D eigenvalue weighted by molar-refractivity contribution is 5.98. The van der Waals surface area contributed by atoms with Crippen LogP contribution in [-0.4, -0.2) is 35.5 Å². The van der Waals surface area contributed by atoms with Crippen molar-refractivity contribution < 1.29 is 9.90 Å². The minimum Gasteiger partial charge on any atom is -0.395 e. The molecule has 1 aliphatic carbocycles. The number of Topliss-reactive ketones (excluding diaryl/α,β-unsaturated/α-hetero) is 1. The fraction of sp³-hybridized carbons (Fsp3) is 0.441. The maximum atomic E-state index is 12.3. The number of hydrogen-bond acceptors (Lipinski definition) is 3. The summed E-state index contributed by atoms with van der Waals surface area (Å²) in [5.74, 6) is 0.494. The van der Waals surface area contributed by atoms with E-state index in [0.717, 1.165) is 84.3 Å². The molecule has 37 heavy (non-hydrogen) atoms. The maximum Gasteiger partial charge on any atom is 0.161 e. The molecule has 0 aliphatic heterocycles. The van der Waals surface area contributed by atoms with Crippen molar-refractivity contribution in [1.82, 2.24) is 4.90 Å². The van der Waals surface area contributed by atoms with Crippen LogP contribution in [0.3, 0.4) is 0 Å². The zero-order valence-corrected chi connectivity index (χ0v) is 23.8. The van der Waals surface area contributed by atoms with E-state index in [2.05, 4.69) is 81.0 Å². The summed E-state index contributed by atoms with van der Waals surface area (Å²) in [5, 5.41) is 9.73. The van der Waals surface area contributed by atoms with Gasteiger partial charge in [-0.3, -0.25) is 4.79 Å². The smallest absolute Gasteiger partial charge is 0.161 e. The van der Waals surface area contributed by atoms with Gasteiger partial charge in [0.2, 0.25) is 0 Å². The van der Waals surface area contributed by atoms with E-state index < -0.39 is 0 Å². The fourth-order valence-corrected chi connectivity index (χ4v) is 4.45. The first-order valence-corrected chi connectivity index (χ1v) is 13.6. The van der Waals surface area contributed by atoms with Crippen LogP contribution in [0.15, 0.2) is 90.7 Å². The van der Waals surface area contributed by atoms with Gasteiger partial charge in [-0.05, 0) is 85.9 Å². The van der Waals surface area contributed by atoms with Crippen LogP contribution in [0.2, 0.25) is 0 Å². The molecule has 1 fully saturated rings. The SMILES string of the molecule is C=C\C=C(/C(=C/C(=C\C)c1ccc(C(C)(C)CO)cc1)C(=C)C)N(CCC)CCCC(=C)C(=O)C1CC1. The summed E-state index contributed by atoms with van der Waals surface area (Å²) in [6, 6.07) is 8.45. The van der Waals surface area contributed by atoms with Crippen molar-refractivity contribution in [3.63, 3.8) is 0 Å². The Bertz CT molecular complexity index is 1060. The molecular weight excluding hydrogens is 454 g/mol. The van der Waals surface area contributed by atoms with Gasteiger partial charge in [0.05, 0.1) is 6.61 Å². The molecule has 1 aliphatic rings. The first-order chi connectivity index (χ1) is 17.6. The van der Waals surface area contributed by atoms with Gasteiger partial charge in [-0.15, -0.1) is 0 Å². The van der Waals surface area contributed by atoms with E-state index >= 15 is 0 Å². The second-order valence-electron chi connectivity index (χ2n) is 10.8. The second-order valence-corrected chi connectivity index (χ2v) is 10.8. The van der Waals surface area contributed by atoms with E-state index in [1.807, 2.05) is 26.8 Å². The molecule has 0 spiro atoms. The number of ketones is 1. The van der Waals surface area contributed by atoms with E-state index in [0.29, 0.717) is 0 Å². The van der Waals surface area contributed by atoms with Crippen molar-refractivity contribution in [2.75, 3.05) is 19.7 Å². The molecule has 0 bridgehead atoms. The number of rotatable bonds is 16. The Hall–Kier alpha value is -2.91. The van der Waals surface area contributed by atoms with E-state index in [1.54, 1.807) is 0 Å². The van der Waals surface area contributed by atoms with E-state index in [1.165, 1.54) is 0 Å². The molecule has 1 N–H and O–H groups in total. The third kappa shape index (κ3) is 8.57. The van der Waals surface area contributed by atoms with Crippen LogP contribution in [0, 0.1) is 5.92 Å². The van der Waals surface area contributed by atoms with Gasteiger partial charge in [0, 0.05) is 35.7 Å². The fourth-order valence-electron chi connectivity index (χ4n) is 4.45. The van der Waals surface area contributed by atoms with Crippen molar-refractivity contribution in [1.29, 1.82) is 0 Å². The Kier molecular flexibility index (Phi) is 11.6. The molecule has 1 saturated carbocycles. The summed E-state index contributed by atoms with van der Waals surface area (Å²) in [4.78, 5) is 14.7. The van der Waals surface area contributed by atoms with Gasteiger partial charge in [0.1, 0.15) is 0 Å². The van der Waals surface area contributed by atoms with Gasteiger partial charge in [-0.1, -0.05) is 76.9 Å². The molecule has 0 heterocycles. The van der Waals surface area contributed by atoms with E-state index in [9.17, 15) is 9.90 Å². The number of carbonyl (C=O) groups is 1. The van der Waals surface area contributed by atoms with Crippen molar-refractivity contribution in [2.45, 2.75) is 72.1 Å². The summed E-state index contributed by atoms with van der Waals surface area (Å²) >= 11 is 0. The predicted octanol–water partition coefficient (Wildman–Crippen LogP) is 7.96. The Labute approximate surface area is 225 Å². The molecular formula is C34H47NO2. The monoisotopic (exact) mass is 501 g/mol. The number of allylic oxidation sites excluding steroid dienone is 7. The van der Waals surface area contributed by atoms with Crippen LogP contribution >= 0.6 is 0 Å². The largest absolute Gasteiger partial charge is 0.395 e. The molecule has 1 aromatic carbocycles. The Morgan fingerprint density at radius 1 is 1.16 bits per heavy atom. The number of benzene rings is 1.